The number of nitrogen functional groups attached to an aromatic ring is 1. The molecule has 1 aromatic carbocycles. The molecule has 0 amide bonds. The topological polar surface area (TPSA) is 63.8 Å². The minimum Gasteiger partial charge on any atom is -0.384 e. The van der Waals surface area contributed by atoms with E-state index in [0.717, 1.165) is 0 Å². The van der Waals surface area contributed by atoms with Crippen LogP contribution in [-0.4, -0.2) is 9.97 Å². The van der Waals surface area contributed by atoms with E-state index in [-0.39, 0.29) is 5.41 Å². The van der Waals surface area contributed by atoms with Gasteiger partial charge in [0, 0.05) is 22.2 Å². The van der Waals surface area contributed by atoms with Crippen molar-refractivity contribution in [2.75, 3.05) is 11.1 Å². The molecule has 0 bridgehead atoms. The summed E-state index contributed by atoms with van der Waals surface area (Å²) in [6.45, 7) is 5.97. The van der Waals surface area contributed by atoms with Crippen LogP contribution in [0.4, 0.5) is 21.7 Å². The van der Waals surface area contributed by atoms with Crippen molar-refractivity contribution in [1.29, 1.82) is 0 Å². The first-order chi connectivity index (χ1) is 9.24. The van der Waals surface area contributed by atoms with Crippen LogP contribution in [0.1, 0.15) is 26.6 Å². The number of aromatic nitrogens is 2. The van der Waals surface area contributed by atoms with Crippen LogP contribution < -0.4 is 11.1 Å². The van der Waals surface area contributed by atoms with Gasteiger partial charge in [-0.3, -0.25) is 0 Å². The number of anilines is 3. The first kappa shape index (κ1) is 14.5. The molecule has 2 aromatic rings. The summed E-state index contributed by atoms with van der Waals surface area (Å²) in [5, 5.41) is 3.29. The second-order valence-corrected chi connectivity index (χ2v) is 5.97. The fourth-order valence-corrected chi connectivity index (χ4v) is 1.86. The zero-order chi connectivity index (χ0) is 14.9. The van der Waals surface area contributed by atoms with E-state index in [1.54, 1.807) is 12.1 Å². The van der Waals surface area contributed by atoms with E-state index in [1.807, 2.05) is 20.8 Å². The van der Waals surface area contributed by atoms with Gasteiger partial charge in [-0.25, -0.2) is 14.4 Å². The fraction of sp³-hybridized carbons (Fsp3) is 0.286. The Morgan fingerprint density at radius 1 is 1.15 bits per heavy atom. The van der Waals surface area contributed by atoms with Gasteiger partial charge in [0.05, 0.1) is 0 Å². The molecule has 0 spiro atoms. The van der Waals surface area contributed by atoms with Gasteiger partial charge in [-0.1, -0.05) is 32.4 Å². The Bertz CT molecular complexity index is 617. The van der Waals surface area contributed by atoms with Crippen molar-refractivity contribution in [3.05, 3.63) is 40.9 Å². The van der Waals surface area contributed by atoms with Gasteiger partial charge in [0.1, 0.15) is 23.3 Å². The van der Waals surface area contributed by atoms with E-state index in [4.69, 9.17) is 17.3 Å². The molecule has 4 nitrogen and oxygen atoms in total. The lowest BCUT2D eigenvalue weighted by atomic mass is 9.96. The zero-order valence-electron chi connectivity index (χ0n) is 11.5. The molecular formula is C14H16ClFN4. The van der Waals surface area contributed by atoms with Crippen molar-refractivity contribution in [3.8, 4) is 0 Å². The van der Waals surface area contributed by atoms with Crippen molar-refractivity contribution in [3.63, 3.8) is 0 Å². The van der Waals surface area contributed by atoms with Crippen molar-refractivity contribution in [2.45, 2.75) is 26.2 Å². The molecule has 0 unspecified atom stereocenters. The van der Waals surface area contributed by atoms with E-state index in [9.17, 15) is 4.39 Å². The number of nitrogens with zero attached hydrogens (tertiary/aromatic N) is 2. The van der Waals surface area contributed by atoms with Crippen LogP contribution in [0.5, 0.6) is 0 Å². The Labute approximate surface area is 122 Å². The third-order valence-electron chi connectivity index (χ3n) is 2.55. The summed E-state index contributed by atoms with van der Waals surface area (Å²) in [7, 11) is 0. The van der Waals surface area contributed by atoms with Crippen LogP contribution >= 0.6 is 11.6 Å². The summed E-state index contributed by atoms with van der Waals surface area (Å²) in [4.78, 5) is 8.60. The highest BCUT2D eigenvalue weighted by atomic mass is 35.5. The number of hydrogen-bond donors (Lipinski definition) is 2. The summed E-state index contributed by atoms with van der Waals surface area (Å²) in [5.41, 5.74) is 6.05. The third kappa shape index (κ3) is 3.57. The van der Waals surface area contributed by atoms with Gasteiger partial charge in [0.25, 0.3) is 0 Å². The van der Waals surface area contributed by atoms with Crippen LogP contribution in [0, 0.1) is 5.82 Å². The highest BCUT2D eigenvalue weighted by molar-refractivity contribution is 6.30. The SMILES string of the molecule is CC(C)(C)c1nc(N)cc(Nc2cc(F)cc(Cl)c2)n1. The molecule has 0 aliphatic carbocycles. The summed E-state index contributed by atoms with van der Waals surface area (Å²) in [6.07, 6.45) is 0. The van der Waals surface area contributed by atoms with Gasteiger partial charge in [-0.15, -0.1) is 0 Å². The molecular weight excluding hydrogens is 279 g/mol. The molecule has 1 aromatic heterocycles. The van der Waals surface area contributed by atoms with Gasteiger partial charge < -0.3 is 11.1 Å². The van der Waals surface area contributed by atoms with E-state index in [0.29, 0.717) is 28.2 Å². The Morgan fingerprint density at radius 2 is 1.85 bits per heavy atom. The molecule has 20 heavy (non-hydrogen) atoms. The minimum absolute atomic E-state index is 0.231. The Balaban J connectivity index is 2.36. The maximum absolute atomic E-state index is 13.3. The molecule has 1 heterocycles. The van der Waals surface area contributed by atoms with E-state index < -0.39 is 5.82 Å². The van der Waals surface area contributed by atoms with Gasteiger partial charge in [0.2, 0.25) is 0 Å². The first-order valence-electron chi connectivity index (χ1n) is 6.12. The molecule has 0 aliphatic heterocycles. The van der Waals surface area contributed by atoms with E-state index in [2.05, 4.69) is 15.3 Å². The van der Waals surface area contributed by atoms with Crippen LogP contribution in [0.2, 0.25) is 5.02 Å². The largest absolute Gasteiger partial charge is 0.384 e. The van der Waals surface area contributed by atoms with Crippen molar-refractivity contribution < 1.29 is 4.39 Å². The second kappa shape index (κ2) is 5.25. The van der Waals surface area contributed by atoms with Crippen molar-refractivity contribution >= 4 is 28.9 Å². The van der Waals surface area contributed by atoms with Crippen LogP contribution in [0.15, 0.2) is 24.3 Å². The first-order valence-corrected chi connectivity index (χ1v) is 6.50. The Kier molecular flexibility index (Phi) is 3.81. The van der Waals surface area contributed by atoms with Gasteiger partial charge >= 0.3 is 0 Å². The smallest absolute Gasteiger partial charge is 0.138 e. The second-order valence-electron chi connectivity index (χ2n) is 5.53. The molecule has 0 saturated carbocycles. The summed E-state index contributed by atoms with van der Waals surface area (Å²) in [5.74, 6) is 1.06. The molecule has 0 atom stereocenters. The average molecular weight is 295 g/mol. The molecule has 0 aliphatic rings. The lowest BCUT2D eigenvalue weighted by Gasteiger charge is -2.18. The Hall–Kier alpha value is -1.88. The number of hydrogen-bond acceptors (Lipinski definition) is 4. The summed E-state index contributed by atoms with van der Waals surface area (Å²) < 4.78 is 13.3. The molecule has 0 fully saturated rings. The predicted octanol–water partition coefficient (Wildman–Crippen LogP) is 3.89. The fourth-order valence-electron chi connectivity index (χ4n) is 1.64. The molecule has 0 saturated heterocycles. The third-order valence-corrected chi connectivity index (χ3v) is 2.77. The molecule has 6 heteroatoms. The Morgan fingerprint density at radius 3 is 2.45 bits per heavy atom. The average Bonchev–Trinajstić information content (AvgIpc) is 2.25. The van der Waals surface area contributed by atoms with Gasteiger partial charge in [-0.05, 0) is 18.2 Å². The highest BCUT2D eigenvalue weighted by Gasteiger charge is 2.18. The lowest BCUT2D eigenvalue weighted by Crippen LogP contribution is -2.17. The summed E-state index contributed by atoms with van der Waals surface area (Å²) >= 11 is 5.81. The maximum atomic E-state index is 13.3. The molecule has 0 radical (unpaired) electrons. The maximum Gasteiger partial charge on any atom is 0.138 e. The van der Waals surface area contributed by atoms with Crippen molar-refractivity contribution in [1.82, 2.24) is 9.97 Å². The van der Waals surface area contributed by atoms with Gasteiger partial charge in [0.15, 0.2) is 0 Å². The van der Waals surface area contributed by atoms with Gasteiger partial charge in [-0.2, -0.15) is 0 Å². The quantitative estimate of drug-likeness (QED) is 0.882. The van der Waals surface area contributed by atoms with E-state index in [1.165, 1.54) is 12.1 Å². The zero-order valence-corrected chi connectivity index (χ0v) is 12.3. The number of halogens is 2. The standard InChI is InChI=1S/C14H16ClFN4/c1-14(2,3)13-19-11(17)7-12(20-13)18-10-5-8(15)4-9(16)6-10/h4-7H,1-3H3,(H3,17,18,19,20). The number of nitrogens with two attached hydrogens (primary N) is 1. The van der Waals surface area contributed by atoms with Crippen LogP contribution in [-0.2, 0) is 5.41 Å². The normalized spacial score (nSPS) is 11.4. The monoisotopic (exact) mass is 294 g/mol. The van der Waals surface area contributed by atoms with Crippen LogP contribution in [0.3, 0.4) is 0 Å². The number of nitrogens with one attached hydrogen (secondary N) is 1. The molecule has 106 valence electrons. The van der Waals surface area contributed by atoms with Crippen molar-refractivity contribution in [2.24, 2.45) is 0 Å². The summed E-state index contributed by atoms with van der Waals surface area (Å²) in [6, 6.07) is 5.77. The highest BCUT2D eigenvalue weighted by Crippen LogP contribution is 2.25. The van der Waals surface area contributed by atoms with Crippen LogP contribution in [0.25, 0.3) is 0 Å². The lowest BCUT2D eigenvalue weighted by molar-refractivity contribution is 0.547. The minimum atomic E-state index is -0.418. The molecule has 3 N–H and O–H groups in total. The number of rotatable bonds is 2. The predicted molar refractivity (Wildman–Crippen MR) is 79.8 cm³/mol. The van der Waals surface area contributed by atoms with E-state index >= 15 is 0 Å². The molecule has 2 rings (SSSR count). The number of benzene rings is 1.